The number of nitrogens with one attached hydrogen (secondary N) is 1. The predicted octanol–water partition coefficient (Wildman–Crippen LogP) is 1.95. The molecule has 0 bridgehead atoms. The highest BCUT2D eigenvalue weighted by Gasteiger charge is 1.96. The molecule has 5 heteroatoms. The molecular formula is C9H17N3OS. The molecule has 80 valence electrons. The molecule has 14 heavy (non-hydrogen) atoms. The zero-order valence-corrected chi connectivity index (χ0v) is 9.27. The molecule has 0 aliphatic rings. The Kier molecular flexibility index (Phi) is 5.32. The maximum Gasteiger partial charge on any atom is 0.139 e. The summed E-state index contributed by atoms with van der Waals surface area (Å²) in [5.41, 5.74) is 5.49. The standard InChI is InChI=1S/C9H17N3OS/c1-13-6-4-2-3-5-11-9-7-8(10)12-14-9/h7,11H,2-6H2,1H3,(H2,10,12). The monoisotopic (exact) mass is 215 g/mol. The Labute approximate surface area is 88.6 Å². The van der Waals surface area contributed by atoms with Gasteiger partial charge < -0.3 is 15.8 Å². The first-order valence-electron chi connectivity index (χ1n) is 4.78. The van der Waals surface area contributed by atoms with E-state index in [-0.39, 0.29) is 0 Å². The SMILES string of the molecule is COCCCCCNc1cc(N)ns1. The molecule has 0 fully saturated rings. The summed E-state index contributed by atoms with van der Waals surface area (Å²) in [6.07, 6.45) is 3.47. The van der Waals surface area contributed by atoms with Gasteiger partial charge in [0.15, 0.2) is 0 Å². The molecule has 0 aliphatic carbocycles. The molecule has 1 heterocycles. The summed E-state index contributed by atoms with van der Waals surface area (Å²) in [6.45, 7) is 1.83. The van der Waals surface area contributed by atoms with Crippen molar-refractivity contribution in [3.8, 4) is 0 Å². The van der Waals surface area contributed by atoms with Gasteiger partial charge in [-0.3, -0.25) is 0 Å². The fraction of sp³-hybridized carbons (Fsp3) is 0.667. The van der Waals surface area contributed by atoms with Gasteiger partial charge in [-0.2, -0.15) is 4.37 Å². The second-order valence-electron chi connectivity index (χ2n) is 3.10. The maximum absolute atomic E-state index is 5.49. The van der Waals surface area contributed by atoms with Gasteiger partial charge in [0, 0.05) is 26.3 Å². The molecule has 0 unspecified atom stereocenters. The molecule has 0 atom stereocenters. The van der Waals surface area contributed by atoms with Gasteiger partial charge >= 0.3 is 0 Å². The van der Waals surface area contributed by atoms with E-state index in [0.29, 0.717) is 5.82 Å². The van der Waals surface area contributed by atoms with Crippen LogP contribution >= 0.6 is 11.5 Å². The van der Waals surface area contributed by atoms with Gasteiger partial charge in [-0.1, -0.05) is 0 Å². The molecule has 0 spiro atoms. The van der Waals surface area contributed by atoms with E-state index in [1.807, 2.05) is 6.07 Å². The lowest BCUT2D eigenvalue weighted by Gasteiger charge is -2.02. The summed E-state index contributed by atoms with van der Waals surface area (Å²) in [6, 6.07) is 1.86. The van der Waals surface area contributed by atoms with E-state index in [1.54, 1.807) is 7.11 Å². The van der Waals surface area contributed by atoms with E-state index in [9.17, 15) is 0 Å². The predicted molar refractivity (Wildman–Crippen MR) is 60.7 cm³/mol. The van der Waals surface area contributed by atoms with Crippen molar-refractivity contribution in [2.24, 2.45) is 0 Å². The van der Waals surface area contributed by atoms with Crippen LogP contribution in [0.15, 0.2) is 6.07 Å². The highest BCUT2D eigenvalue weighted by Crippen LogP contribution is 2.17. The van der Waals surface area contributed by atoms with Crippen molar-refractivity contribution in [1.29, 1.82) is 0 Å². The van der Waals surface area contributed by atoms with Crippen LogP contribution in [0.4, 0.5) is 10.8 Å². The second kappa shape index (κ2) is 6.62. The average Bonchev–Trinajstić information content (AvgIpc) is 2.58. The topological polar surface area (TPSA) is 60.2 Å². The Morgan fingerprint density at radius 2 is 2.36 bits per heavy atom. The van der Waals surface area contributed by atoms with E-state index in [4.69, 9.17) is 10.5 Å². The second-order valence-corrected chi connectivity index (χ2v) is 3.90. The first-order chi connectivity index (χ1) is 6.83. The van der Waals surface area contributed by atoms with Crippen LogP contribution in [0.25, 0.3) is 0 Å². The Morgan fingerprint density at radius 1 is 1.50 bits per heavy atom. The molecular weight excluding hydrogens is 198 g/mol. The average molecular weight is 215 g/mol. The number of aromatic nitrogens is 1. The van der Waals surface area contributed by atoms with Gasteiger partial charge in [-0.15, -0.1) is 0 Å². The number of rotatable bonds is 7. The van der Waals surface area contributed by atoms with Crippen LogP contribution in [0.5, 0.6) is 0 Å². The minimum Gasteiger partial charge on any atom is -0.385 e. The summed E-state index contributed by atoms with van der Waals surface area (Å²) in [7, 11) is 1.73. The summed E-state index contributed by atoms with van der Waals surface area (Å²) in [4.78, 5) is 0. The van der Waals surface area contributed by atoms with Crippen LogP contribution in [-0.2, 0) is 4.74 Å². The van der Waals surface area contributed by atoms with Crippen molar-refractivity contribution in [2.75, 3.05) is 31.3 Å². The molecule has 1 aromatic rings. The van der Waals surface area contributed by atoms with Gasteiger partial charge in [0.1, 0.15) is 10.8 Å². The number of anilines is 2. The molecule has 1 aromatic heterocycles. The number of nitrogens with zero attached hydrogens (tertiary/aromatic N) is 1. The summed E-state index contributed by atoms with van der Waals surface area (Å²) in [5.74, 6) is 0.594. The highest BCUT2D eigenvalue weighted by atomic mass is 32.1. The van der Waals surface area contributed by atoms with Gasteiger partial charge in [0.2, 0.25) is 0 Å². The fourth-order valence-corrected chi connectivity index (χ4v) is 1.73. The van der Waals surface area contributed by atoms with Crippen LogP contribution in [0.3, 0.4) is 0 Å². The van der Waals surface area contributed by atoms with Crippen LogP contribution in [0.1, 0.15) is 19.3 Å². The number of unbranched alkanes of at least 4 members (excludes halogenated alkanes) is 2. The molecule has 0 amide bonds. The molecule has 4 nitrogen and oxygen atoms in total. The number of nitrogens with two attached hydrogens (primary N) is 1. The van der Waals surface area contributed by atoms with E-state index >= 15 is 0 Å². The third kappa shape index (κ3) is 4.43. The molecule has 3 N–H and O–H groups in total. The molecule has 0 aromatic carbocycles. The zero-order chi connectivity index (χ0) is 10.2. The van der Waals surface area contributed by atoms with Crippen molar-refractivity contribution < 1.29 is 4.74 Å². The van der Waals surface area contributed by atoms with Crippen LogP contribution in [-0.4, -0.2) is 24.6 Å². The molecule has 0 aliphatic heterocycles. The van der Waals surface area contributed by atoms with Crippen LogP contribution in [0.2, 0.25) is 0 Å². The Balaban J connectivity index is 1.99. The lowest BCUT2D eigenvalue weighted by Crippen LogP contribution is -2.00. The minimum atomic E-state index is 0.594. The zero-order valence-electron chi connectivity index (χ0n) is 8.45. The molecule has 0 radical (unpaired) electrons. The fourth-order valence-electron chi connectivity index (χ4n) is 1.13. The van der Waals surface area contributed by atoms with Gasteiger partial charge in [0.25, 0.3) is 0 Å². The van der Waals surface area contributed by atoms with Crippen molar-refractivity contribution in [2.45, 2.75) is 19.3 Å². The quantitative estimate of drug-likeness (QED) is 0.682. The maximum atomic E-state index is 5.49. The Hall–Kier alpha value is -0.810. The number of nitrogen functional groups attached to an aromatic ring is 1. The normalized spacial score (nSPS) is 10.4. The number of methoxy groups -OCH3 is 1. The van der Waals surface area contributed by atoms with Gasteiger partial charge in [0.05, 0.1) is 0 Å². The summed E-state index contributed by atoms with van der Waals surface area (Å²) < 4.78 is 8.95. The van der Waals surface area contributed by atoms with Gasteiger partial charge in [-0.25, -0.2) is 0 Å². The van der Waals surface area contributed by atoms with Crippen LogP contribution in [0, 0.1) is 0 Å². The van der Waals surface area contributed by atoms with Crippen molar-refractivity contribution >= 4 is 22.4 Å². The minimum absolute atomic E-state index is 0.594. The number of ether oxygens (including phenoxy) is 1. The van der Waals surface area contributed by atoms with Crippen LogP contribution < -0.4 is 11.1 Å². The van der Waals surface area contributed by atoms with E-state index in [0.717, 1.165) is 31.0 Å². The lowest BCUT2D eigenvalue weighted by atomic mass is 10.2. The summed E-state index contributed by atoms with van der Waals surface area (Å²) in [5, 5.41) is 4.33. The first-order valence-corrected chi connectivity index (χ1v) is 5.55. The van der Waals surface area contributed by atoms with Crippen molar-refractivity contribution in [1.82, 2.24) is 4.37 Å². The molecule has 0 saturated carbocycles. The van der Waals surface area contributed by atoms with E-state index in [2.05, 4.69) is 9.69 Å². The molecule has 1 rings (SSSR count). The highest BCUT2D eigenvalue weighted by molar-refractivity contribution is 7.10. The lowest BCUT2D eigenvalue weighted by molar-refractivity contribution is 0.192. The molecule has 0 saturated heterocycles. The van der Waals surface area contributed by atoms with Crippen molar-refractivity contribution in [3.63, 3.8) is 0 Å². The smallest absolute Gasteiger partial charge is 0.139 e. The van der Waals surface area contributed by atoms with Gasteiger partial charge in [-0.05, 0) is 30.8 Å². The Morgan fingerprint density at radius 3 is 3.00 bits per heavy atom. The number of hydrogen-bond acceptors (Lipinski definition) is 5. The first kappa shape index (κ1) is 11.3. The van der Waals surface area contributed by atoms with E-state index < -0.39 is 0 Å². The number of hydrogen-bond donors (Lipinski definition) is 2. The van der Waals surface area contributed by atoms with Crippen molar-refractivity contribution in [3.05, 3.63) is 6.07 Å². The van der Waals surface area contributed by atoms with E-state index in [1.165, 1.54) is 18.0 Å². The third-order valence-electron chi connectivity index (χ3n) is 1.85. The summed E-state index contributed by atoms with van der Waals surface area (Å²) >= 11 is 1.41. The third-order valence-corrected chi connectivity index (χ3v) is 2.61. The Bertz CT molecular complexity index is 252. The largest absolute Gasteiger partial charge is 0.385 e.